The maximum absolute atomic E-state index is 8.18. The second kappa shape index (κ2) is 9.61. The van der Waals surface area contributed by atoms with Gasteiger partial charge in [-0.1, -0.05) is 11.8 Å². The van der Waals surface area contributed by atoms with Crippen LogP contribution in [-0.4, -0.2) is 0 Å². The summed E-state index contributed by atoms with van der Waals surface area (Å²) >= 11 is 1.27. The van der Waals surface area contributed by atoms with E-state index < -0.39 is 0 Å². The van der Waals surface area contributed by atoms with E-state index in [1.54, 1.807) is 0 Å². The Morgan fingerprint density at radius 1 is 1.13 bits per heavy atom. The second-order valence-corrected chi connectivity index (χ2v) is 3.40. The molecule has 0 saturated heterocycles. The zero-order valence-electron chi connectivity index (χ0n) is 8.11. The smallest absolute Gasteiger partial charge is 0.214 e. The first-order valence-corrected chi connectivity index (χ1v) is 5.30. The molecule has 1 nitrogen and oxygen atoms in total. The van der Waals surface area contributed by atoms with Gasteiger partial charge in [-0.2, -0.15) is 35.6 Å². The van der Waals surface area contributed by atoms with Gasteiger partial charge in [0.1, 0.15) is 5.40 Å². The van der Waals surface area contributed by atoms with Crippen molar-refractivity contribution in [3.8, 4) is 5.40 Å². The molecule has 2 aromatic carbocycles. The summed E-state index contributed by atoms with van der Waals surface area (Å²) in [6, 6.07) is 18.0. The van der Waals surface area contributed by atoms with Crippen LogP contribution in [0.2, 0.25) is 0 Å². The van der Waals surface area contributed by atoms with Crippen molar-refractivity contribution in [3.05, 3.63) is 60.2 Å². The third-order valence-electron chi connectivity index (χ3n) is 1.59. The van der Waals surface area contributed by atoms with E-state index in [1.165, 1.54) is 17.3 Å². The van der Waals surface area contributed by atoms with Crippen molar-refractivity contribution < 1.29 is 17.1 Å². The van der Waals surface area contributed by atoms with Gasteiger partial charge in [0.2, 0.25) is 0 Å². The molecular weight excluding hydrogens is 246 g/mol. The van der Waals surface area contributed by atoms with E-state index in [9.17, 15) is 0 Å². The van der Waals surface area contributed by atoms with Gasteiger partial charge >= 0.3 is 17.1 Å². The van der Waals surface area contributed by atoms with Gasteiger partial charge in [-0.25, -0.2) is 24.3 Å². The molecule has 0 aliphatic rings. The fourth-order valence-corrected chi connectivity index (χ4v) is 1.37. The minimum absolute atomic E-state index is 0. The van der Waals surface area contributed by atoms with E-state index in [4.69, 9.17) is 5.26 Å². The average molecular weight is 257 g/mol. The Balaban J connectivity index is 0.000000280. The molecule has 0 atom stereocenters. The van der Waals surface area contributed by atoms with Gasteiger partial charge < -0.3 is 0 Å². The topological polar surface area (TPSA) is 23.8 Å². The summed E-state index contributed by atoms with van der Waals surface area (Å²) in [4.78, 5) is 0. The quantitative estimate of drug-likeness (QED) is 0.467. The number of nitrogens with zero attached hydrogens (tertiary/aromatic N) is 1. The van der Waals surface area contributed by atoms with E-state index in [2.05, 4.69) is 0 Å². The molecule has 3 heteroatoms. The maximum Gasteiger partial charge on any atom is 2.00 e. The number of thioether (sulfide) groups is 1. The van der Waals surface area contributed by atoms with Crippen LogP contribution in [0.1, 0.15) is 5.56 Å². The number of rotatable bonds is 2. The summed E-state index contributed by atoms with van der Waals surface area (Å²) in [5.41, 5.74) is 1.22. The Morgan fingerprint density at radius 2 is 1.73 bits per heavy atom. The molecular formula is C12H11FeNS. The minimum atomic E-state index is 0. The molecule has 0 aromatic heterocycles. The number of thiocyanates is 1. The monoisotopic (exact) mass is 257 g/mol. The van der Waals surface area contributed by atoms with Crippen LogP contribution in [-0.2, 0) is 22.8 Å². The molecule has 0 amide bonds. The molecule has 0 radical (unpaired) electrons. The first-order valence-electron chi connectivity index (χ1n) is 4.31. The van der Waals surface area contributed by atoms with Crippen molar-refractivity contribution in [2.75, 3.05) is 0 Å². The standard InChI is InChI=1S/C7H6NS.C5H5.Fe/c8-6-9-5-7-3-1-2-4-7;1-2-4-5-3-1;/h1-4H,5H2;1-5H;/q2*-1;+2. The van der Waals surface area contributed by atoms with Gasteiger partial charge in [0, 0.05) is 0 Å². The van der Waals surface area contributed by atoms with Gasteiger partial charge in [-0.05, 0) is 5.75 Å². The van der Waals surface area contributed by atoms with Crippen LogP contribution in [0.5, 0.6) is 0 Å². The molecule has 2 aromatic rings. The van der Waals surface area contributed by atoms with E-state index in [0.29, 0.717) is 0 Å². The molecule has 0 bridgehead atoms. The van der Waals surface area contributed by atoms with Gasteiger partial charge in [0.25, 0.3) is 0 Å². The van der Waals surface area contributed by atoms with Crippen LogP contribution in [0.4, 0.5) is 0 Å². The summed E-state index contributed by atoms with van der Waals surface area (Å²) in [5, 5.41) is 10.2. The largest absolute Gasteiger partial charge is 2.00 e. The Hall–Kier alpha value is -0.941. The summed E-state index contributed by atoms with van der Waals surface area (Å²) in [6.07, 6.45) is 0. The van der Waals surface area contributed by atoms with Crippen molar-refractivity contribution >= 4 is 11.8 Å². The maximum atomic E-state index is 8.18. The SMILES string of the molecule is N#CSC[c-]1cccc1.[Fe+2].c1cc[cH-]c1. The van der Waals surface area contributed by atoms with Crippen molar-refractivity contribution in [1.82, 2.24) is 0 Å². The average Bonchev–Trinajstić information content (AvgIpc) is 2.90. The van der Waals surface area contributed by atoms with Crippen LogP contribution in [0, 0.1) is 10.7 Å². The zero-order valence-corrected chi connectivity index (χ0v) is 10.0. The fourth-order valence-electron chi connectivity index (χ4n) is 0.946. The first kappa shape index (κ1) is 14.1. The van der Waals surface area contributed by atoms with E-state index in [-0.39, 0.29) is 17.1 Å². The summed E-state index contributed by atoms with van der Waals surface area (Å²) in [5.74, 6) is 0.809. The van der Waals surface area contributed by atoms with E-state index in [0.717, 1.165) is 5.75 Å². The molecule has 0 N–H and O–H groups in total. The Labute approximate surface area is 105 Å². The molecule has 2 rings (SSSR count). The third kappa shape index (κ3) is 7.04. The van der Waals surface area contributed by atoms with Gasteiger partial charge in [-0.15, -0.1) is 5.56 Å². The van der Waals surface area contributed by atoms with Gasteiger partial charge in [0.05, 0.1) is 0 Å². The summed E-state index contributed by atoms with van der Waals surface area (Å²) < 4.78 is 0. The zero-order chi connectivity index (χ0) is 10.1. The Morgan fingerprint density at radius 3 is 2.13 bits per heavy atom. The van der Waals surface area contributed by atoms with E-state index in [1.807, 2.05) is 60.0 Å². The number of hydrogen-bond donors (Lipinski definition) is 0. The van der Waals surface area contributed by atoms with Gasteiger partial charge in [-0.3, -0.25) is 0 Å². The predicted molar refractivity (Wildman–Crippen MR) is 61.0 cm³/mol. The fraction of sp³-hybridized carbons (Fsp3) is 0.0833. The van der Waals surface area contributed by atoms with Crippen molar-refractivity contribution in [2.24, 2.45) is 0 Å². The van der Waals surface area contributed by atoms with Crippen LogP contribution in [0.25, 0.3) is 0 Å². The molecule has 0 heterocycles. The van der Waals surface area contributed by atoms with Crippen LogP contribution in [0.3, 0.4) is 0 Å². The van der Waals surface area contributed by atoms with Crippen molar-refractivity contribution in [2.45, 2.75) is 5.75 Å². The number of nitriles is 1. The van der Waals surface area contributed by atoms with Crippen LogP contribution >= 0.6 is 11.8 Å². The predicted octanol–water partition coefficient (Wildman–Crippen LogP) is 3.52. The minimum Gasteiger partial charge on any atom is -0.214 e. The molecule has 0 aliphatic heterocycles. The molecule has 15 heavy (non-hydrogen) atoms. The molecule has 0 spiro atoms. The molecule has 0 saturated carbocycles. The van der Waals surface area contributed by atoms with Crippen molar-refractivity contribution in [1.29, 1.82) is 5.26 Å². The van der Waals surface area contributed by atoms with E-state index >= 15 is 0 Å². The third-order valence-corrected chi connectivity index (χ3v) is 2.20. The Bertz CT molecular complexity index is 328. The molecule has 0 fully saturated rings. The Kier molecular flexibility index (Phi) is 9.01. The van der Waals surface area contributed by atoms with Crippen LogP contribution in [0.15, 0.2) is 54.6 Å². The van der Waals surface area contributed by atoms with Crippen LogP contribution < -0.4 is 0 Å². The molecule has 0 aliphatic carbocycles. The number of hydrogen-bond acceptors (Lipinski definition) is 2. The molecule has 0 unspecified atom stereocenters. The van der Waals surface area contributed by atoms with Crippen molar-refractivity contribution in [3.63, 3.8) is 0 Å². The first-order chi connectivity index (χ1) is 6.93. The summed E-state index contributed by atoms with van der Waals surface area (Å²) in [6.45, 7) is 0. The normalized spacial score (nSPS) is 7.93. The molecule has 78 valence electrons. The van der Waals surface area contributed by atoms with Gasteiger partial charge in [0.15, 0.2) is 0 Å². The summed E-state index contributed by atoms with van der Waals surface area (Å²) in [7, 11) is 0. The second-order valence-electron chi connectivity index (χ2n) is 2.64.